The molecule has 0 spiro atoms. The molecule has 1 fully saturated rings. The molecule has 5 nitrogen and oxygen atoms in total. The fourth-order valence-corrected chi connectivity index (χ4v) is 1.24. The summed E-state index contributed by atoms with van der Waals surface area (Å²) in [6.07, 6.45) is 1.40. The van der Waals surface area contributed by atoms with Crippen LogP contribution in [0.25, 0.3) is 0 Å². The van der Waals surface area contributed by atoms with Crippen LogP contribution in [0.2, 0.25) is 0 Å². The van der Waals surface area contributed by atoms with E-state index in [9.17, 15) is 4.79 Å². The first-order chi connectivity index (χ1) is 6.77. The third-order valence-corrected chi connectivity index (χ3v) is 1.89. The number of rotatable bonds is 4. The molecule has 0 radical (unpaired) electrons. The Morgan fingerprint density at radius 3 is 2.86 bits per heavy atom. The lowest BCUT2D eigenvalue weighted by atomic mass is 10.2. The summed E-state index contributed by atoms with van der Waals surface area (Å²) in [5.74, 6) is 0. The summed E-state index contributed by atoms with van der Waals surface area (Å²) >= 11 is 0. The molecule has 0 aromatic carbocycles. The van der Waals surface area contributed by atoms with E-state index in [0.29, 0.717) is 19.6 Å². The van der Waals surface area contributed by atoms with Crippen molar-refractivity contribution in [3.8, 4) is 0 Å². The molecule has 0 unspecified atom stereocenters. The minimum absolute atomic E-state index is 0.234. The van der Waals surface area contributed by atoms with Crippen molar-refractivity contribution in [3.05, 3.63) is 12.7 Å². The summed E-state index contributed by atoms with van der Waals surface area (Å²) in [5.41, 5.74) is 0. The third kappa shape index (κ3) is 3.01. The topological polar surface area (TPSA) is 56.8 Å². The Hall–Kier alpha value is -1.07. The van der Waals surface area contributed by atoms with Crippen molar-refractivity contribution in [2.24, 2.45) is 0 Å². The van der Waals surface area contributed by atoms with Crippen LogP contribution in [0.5, 0.6) is 0 Å². The first kappa shape index (κ1) is 11.0. The summed E-state index contributed by atoms with van der Waals surface area (Å²) in [7, 11) is 1.32. The molecule has 1 amide bonds. The normalized spacial score (nSPS) is 18.9. The zero-order valence-corrected chi connectivity index (χ0v) is 8.19. The number of methoxy groups -OCH3 is 1. The molecule has 14 heavy (non-hydrogen) atoms. The van der Waals surface area contributed by atoms with Gasteiger partial charge in [0.25, 0.3) is 0 Å². The maximum Gasteiger partial charge on any atom is 0.407 e. The van der Waals surface area contributed by atoms with Crippen LogP contribution in [0.15, 0.2) is 12.7 Å². The highest BCUT2D eigenvalue weighted by Crippen LogP contribution is 2.11. The van der Waals surface area contributed by atoms with E-state index in [1.54, 1.807) is 6.08 Å². The first-order valence-electron chi connectivity index (χ1n) is 4.46. The molecule has 1 aliphatic rings. The van der Waals surface area contributed by atoms with Gasteiger partial charge in [-0.25, -0.2) is 4.79 Å². The molecule has 80 valence electrons. The van der Waals surface area contributed by atoms with Crippen LogP contribution in [-0.4, -0.2) is 38.7 Å². The fraction of sp³-hybridized carbons (Fsp3) is 0.667. The van der Waals surface area contributed by atoms with Gasteiger partial charge in [0.1, 0.15) is 0 Å². The van der Waals surface area contributed by atoms with Gasteiger partial charge in [0.15, 0.2) is 6.29 Å². The number of ether oxygens (including phenoxy) is 3. The van der Waals surface area contributed by atoms with Crippen LogP contribution < -0.4 is 5.32 Å². The Morgan fingerprint density at radius 1 is 1.71 bits per heavy atom. The van der Waals surface area contributed by atoms with E-state index < -0.39 is 12.4 Å². The molecular weight excluding hydrogens is 186 g/mol. The highest BCUT2D eigenvalue weighted by molar-refractivity contribution is 5.67. The van der Waals surface area contributed by atoms with Gasteiger partial charge in [-0.3, -0.25) is 0 Å². The largest absolute Gasteiger partial charge is 0.453 e. The van der Waals surface area contributed by atoms with Crippen molar-refractivity contribution in [2.75, 3.05) is 20.3 Å². The monoisotopic (exact) mass is 201 g/mol. The molecule has 0 aromatic rings. The van der Waals surface area contributed by atoms with Gasteiger partial charge in [-0.1, -0.05) is 6.08 Å². The SMILES string of the molecule is C=CC[C@@H](NC(=O)OC)C1OCCO1. The Kier molecular flexibility index (Phi) is 4.42. The van der Waals surface area contributed by atoms with Gasteiger partial charge in [-0.2, -0.15) is 0 Å². The molecule has 5 heteroatoms. The maximum atomic E-state index is 11.0. The molecule has 0 saturated carbocycles. The minimum atomic E-state index is -0.490. The second-order valence-electron chi connectivity index (χ2n) is 2.88. The maximum absolute atomic E-state index is 11.0. The molecule has 1 rings (SSSR count). The fourth-order valence-electron chi connectivity index (χ4n) is 1.24. The van der Waals surface area contributed by atoms with Crippen molar-refractivity contribution in [1.29, 1.82) is 0 Å². The summed E-state index contributed by atoms with van der Waals surface area (Å²) in [4.78, 5) is 11.0. The number of amides is 1. The Balaban J connectivity index is 2.44. The van der Waals surface area contributed by atoms with Crippen LogP contribution in [0.3, 0.4) is 0 Å². The summed E-state index contributed by atoms with van der Waals surface area (Å²) in [6.45, 7) is 4.72. The van der Waals surface area contributed by atoms with Crippen molar-refractivity contribution in [1.82, 2.24) is 5.32 Å². The van der Waals surface area contributed by atoms with Crippen molar-refractivity contribution < 1.29 is 19.0 Å². The molecular formula is C9H15NO4. The smallest absolute Gasteiger partial charge is 0.407 e. The Morgan fingerprint density at radius 2 is 2.36 bits per heavy atom. The second-order valence-corrected chi connectivity index (χ2v) is 2.88. The number of carbonyl (C=O) groups excluding carboxylic acids is 1. The van der Waals surface area contributed by atoms with Crippen LogP contribution >= 0.6 is 0 Å². The predicted octanol–water partition coefficient (Wildman–Crippen LogP) is 0.660. The van der Waals surface area contributed by atoms with E-state index in [1.165, 1.54) is 7.11 Å². The Bertz CT molecular complexity index is 201. The quantitative estimate of drug-likeness (QED) is 0.679. The van der Waals surface area contributed by atoms with E-state index in [0.717, 1.165) is 0 Å². The average Bonchev–Trinajstić information content (AvgIpc) is 2.69. The molecule has 1 N–H and O–H groups in total. The lowest BCUT2D eigenvalue weighted by Gasteiger charge is -2.21. The molecule has 1 atom stereocenters. The average molecular weight is 201 g/mol. The van der Waals surface area contributed by atoms with Crippen LogP contribution in [0.1, 0.15) is 6.42 Å². The third-order valence-electron chi connectivity index (χ3n) is 1.89. The first-order valence-corrected chi connectivity index (χ1v) is 4.46. The van der Waals surface area contributed by atoms with Gasteiger partial charge in [0.2, 0.25) is 0 Å². The molecule has 1 aliphatic heterocycles. The summed E-state index contributed by atoms with van der Waals surface area (Å²) in [5, 5.41) is 2.63. The number of hydrogen-bond acceptors (Lipinski definition) is 4. The summed E-state index contributed by atoms with van der Waals surface area (Å²) < 4.78 is 15.0. The highest BCUT2D eigenvalue weighted by Gasteiger charge is 2.27. The van der Waals surface area contributed by atoms with Crippen LogP contribution in [-0.2, 0) is 14.2 Å². The molecule has 1 saturated heterocycles. The van der Waals surface area contributed by atoms with Gasteiger partial charge < -0.3 is 19.5 Å². The standard InChI is InChI=1S/C9H15NO4/c1-3-4-7(10-9(11)12-2)8-13-5-6-14-8/h3,7-8H,1,4-6H2,2H3,(H,10,11)/t7-/m1/s1. The minimum Gasteiger partial charge on any atom is -0.453 e. The number of alkyl carbamates (subject to hydrolysis) is 1. The van der Waals surface area contributed by atoms with E-state index >= 15 is 0 Å². The second kappa shape index (κ2) is 5.62. The molecule has 0 aliphatic carbocycles. The summed E-state index contributed by atoms with van der Waals surface area (Å²) in [6, 6.07) is -0.234. The zero-order valence-electron chi connectivity index (χ0n) is 8.19. The van der Waals surface area contributed by atoms with Crippen molar-refractivity contribution >= 4 is 6.09 Å². The van der Waals surface area contributed by atoms with Gasteiger partial charge in [0, 0.05) is 0 Å². The number of nitrogens with one attached hydrogen (secondary N) is 1. The van der Waals surface area contributed by atoms with Gasteiger partial charge >= 0.3 is 6.09 Å². The zero-order chi connectivity index (χ0) is 10.4. The number of hydrogen-bond donors (Lipinski definition) is 1. The van der Waals surface area contributed by atoms with Gasteiger partial charge in [-0.05, 0) is 6.42 Å². The molecule has 1 heterocycles. The van der Waals surface area contributed by atoms with Crippen LogP contribution in [0.4, 0.5) is 4.79 Å². The molecule has 0 bridgehead atoms. The van der Waals surface area contributed by atoms with E-state index in [2.05, 4.69) is 16.6 Å². The van der Waals surface area contributed by atoms with E-state index in [1.807, 2.05) is 0 Å². The highest BCUT2D eigenvalue weighted by atomic mass is 16.7. The van der Waals surface area contributed by atoms with E-state index in [-0.39, 0.29) is 6.04 Å². The molecule has 0 aromatic heterocycles. The Labute approximate surface area is 83.0 Å². The lowest BCUT2D eigenvalue weighted by Crippen LogP contribution is -2.43. The lowest BCUT2D eigenvalue weighted by molar-refractivity contribution is -0.0653. The van der Waals surface area contributed by atoms with Crippen LogP contribution in [0, 0.1) is 0 Å². The van der Waals surface area contributed by atoms with Crippen molar-refractivity contribution in [3.63, 3.8) is 0 Å². The number of carbonyl (C=O) groups is 1. The van der Waals surface area contributed by atoms with Gasteiger partial charge in [0.05, 0.1) is 26.4 Å². The van der Waals surface area contributed by atoms with Crippen molar-refractivity contribution in [2.45, 2.75) is 18.8 Å². The van der Waals surface area contributed by atoms with Gasteiger partial charge in [-0.15, -0.1) is 6.58 Å². The predicted molar refractivity (Wildman–Crippen MR) is 49.8 cm³/mol. The van der Waals surface area contributed by atoms with E-state index in [4.69, 9.17) is 9.47 Å².